The summed E-state index contributed by atoms with van der Waals surface area (Å²) < 4.78 is 5.40. The van der Waals surface area contributed by atoms with Gasteiger partial charge in [-0.05, 0) is 60.2 Å². The van der Waals surface area contributed by atoms with Crippen molar-refractivity contribution in [1.29, 1.82) is 5.26 Å². The molecular weight excluding hydrogens is 336 g/mol. The second-order valence-electron chi connectivity index (χ2n) is 6.40. The van der Waals surface area contributed by atoms with Crippen molar-refractivity contribution >= 4 is 28.4 Å². The molecule has 3 rings (SSSR count). The third-order valence-electron chi connectivity index (χ3n) is 4.28. The SMILES string of the molecule is COc1ccc(/C=C(\C#N)C(=O)Nc2cc(C)cc(C)c2)c2ccccc12. The van der Waals surface area contributed by atoms with E-state index in [4.69, 9.17) is 4.74 Å². The summed E-state index contributed by atoms with van der Waals surface area (Å²) in [6.45, 7) is 3.93. The van der Waals surface area contributed by atoms with E-state index >= 15 is 0 Å². The monoisotopic (exact) mass is 356 g/mol. The minimum atomic E-state index is -0.428. The Morgan fingerprint density at radius 1 is 1.04 bits per heavy atom. The van der Waals surface area contributed by atoms with Gasteiger partial charge in [-0.3, -0.25) is 4.79 Å². The average Bonchev–Trinajstić information content (AvgIpc) is 2.65. The molecule has 0 aromatic heterocycles. The molecule has 3 aromatic carbocycles. The van der Waals surface area contributed by atoms with Crippen LogP contribution >= 0.6 is 0 Å². The summed E-state index contributed by atoms with van der Waals surface area (Å²) in [6.07, 6.45) is 1.61. The van der Waals surface area contributed by atoms with E-state index in [-0.39, 0.29) is 5.57 Å². The van der Waals surface area contributed by atoms with Crippen LogP contribution in [0.15, 0.2) is 60.2 Å². The topological polar surface area (TPSA) is 62.1 Å². The minimum Gasteiger partial charge on any atom is -0.496 e. The molecule has 0 saturated heterocycles. The molecule has 4 nitrogen and oxygen atoms in total. The lowest BCUT2D eigenvalue weighted by Crippen LogP contribution is -2.13. The van der Waals surface area contributed by atoms with E-state index in [0.29, 0.717) is 5.69 Å². The normalized spacial score (nSPS) is 11.1. The van der Waals surface area contributed by atoms with E-state index < -0.39 is 5.91 Å². The number of aryl methyl sites for hydroxylation is 2. The molecule has 0 fully saturated rings. The Morgan fingerprint density at radius 2 is 1.70 bits per heavy atom. The summed E-state index contributed by atoms with van der Waals surface area (Å²) >= 11 is 0. The number of nitrogens with one attached hydrogen (secondary N) is 1. The summed E-state index contributed by atoms with van der Waals surface area (Å²) in [5, 5.41) is 14.2. The quantitative estimate of drug-likeness (QED) is 0.528. The van der Waals surface area contributed by atoms with Gasteiger partial charge in [0.25, 0.3) is 5.91 Å². The summed E-state index contributed by atoms with van der Waals surface area (Å²) in [4.78, 5) is 12.6. The average molecular weight is 356 g/mol. The number of anilines is 1. The van der Waals surface area contributed by atoms with Crippen LogP contribution in [-0.2, 0) is 4.79 Å². The number of carbonyl (C=O) groups excluding carboxylic acids is 1. The first-order valence-corrected chi connectivity index (χ1v) is 8.59. The first kappa shape index (κ1) is 18.2. The van der Waals surface area contributed by atoms with E-state index in [0.717, 1.165) is 33.2 Å². The molecule has 0 aliphatic heterocycles. The summed E-state index contributed by atoms with van der Waals surface area (Å²) in [5.41, 5.74) is 3.61. The first-order chi connectivity index (χ1) is 13.0. The Balaban J connectivity index is 1.98. The number of amides is 1. The molecule has 0 radical (unpaired) electrons. The zero-order chi connectivity index (χ0) is 19.4. The highest BCUT2D eigenvalue weighted by Crippen LogP contribution is 2.29. The largest absolute Gasteiger partial charge is 0.496 e. The fourth-order valence-corrected chi connectivity index (χ4v) is 3.15. The Labute approximate surface area is 158 Å². The van der Waals surface area contributed by atoms with Gasteiger partial charge in [-0.15, -0.1) is 0 Å². The zero-order valence-electron chi connectivity index (χ0n) is 15.5. The molecule has 0 heterocycles. The van der Waals surface area contributed by atoms with Crippen molar-refractivity contribution in [3.05, 3.63) is 76.9 Å². The Kier molecular flexibility index (Phi) is 5.23. The molecule has 0 unspecified atom stereocenters. The Morgan fingerprint density at radius 3 is 2.33 bits per heavy atom. The van der Waals surface area contributed by atoms with Crippen LogP contribution < -0.4 is 10.1 Å². The third-order valence-corrected chi connectivity index (χ3v) is 4.28. The van der Waals surface area contributed by atoms with Gasteiger partial charge < -0.3 is 10.1 Å². The summed E-state index contributed by atoms with van der Waals surface area (Å²) in [5.74, 6) is 0.323. The highest BCUT2D eigenvalue weighted by molar-refractivity contribution is 6.11. The van der Waals surface area contributed by atoms with Crippen LogP contribution in [0.1, 0.15) is 16.7 Å². The highest BCUT2D eigenvalue weighted by atomic mass is 16.5. The molecule has 0 aliphatic carbocycles. The number of benzene rings is 3. The molecule has 1 N–H and O–H groups in total. The van der Waals surface area contributed by atoms with E-state index in [2.05, 4.69) is 5.32 Å². The van der Waals surface area contributed by atoms with Crippen molar-refractivity contribution in [2.45, 2.75) is 13.8 Å². The van der Waals surface area contributed by atoms with Crippen LogP contribution in [0, 0.1) is 25.2 Å². The van der Waals surface area contributed by atoms with Crippen molar-refractivity contribution in [2.24, 2.45) is 0 Å². The molecule has 1 amide bonds. The van der Waals surface area contributed by atoms with Gasteiger partial charge in [-0.2, -0.15) is 5.26 Å². The molecule has 0 aliphatic rings. The molecule has 134 valence electrons. The maximum Gasteiger partial charge on any atom is 0.266 e. The van der Waals surface area contributed by atoms with Gasteiger partial charge in [-0.1, -0.05) is 36.4 Å². The maximum absolute atomic E-state index is 12.6. The molecule has 27 heavy (non-hydrogen) atoms. The number of methoxy groups -OCH3 is 1. The molecular formula is C23H20N2O2. The second-order valence-corrected chi connectivity index (χ2v) is 6.40. The van der Waals surface area contributed by atoms with Gasteiger partial charge in [0.05, 0.1) is 7.11 Å². The predicted octanol–water partition coefficient (Wildman–Crippen LogP) is 5.01. The number of nitrogens with zero attached hydrogens (tertiary/aromatic N) is 1. The standard InChI is InChI=1S/C23H20N2O2/c1-15-10-16(2)12-19(11-15)25-23(26)18(14-24)13-17-8-9-22(27-3)21-7-5-4-6-20(17)21/h4-13H,1-3H3,(H,25,26)/b18-13+. The molecule has 0 bridgehead atoms. The second kappa shape index (κ2) is 7.76. The number of hydrogen-bond donors (Lipinski definition) is 1. The van der Waals surface area contributed by atoms with Crippen molar-refractivity contribution in [2.75, 3.05) is 12.4 Å². The lowest BCUT2D eigenvalue weighted by Gasteiger charge is -2.09. The highest BCUT2D eigenvalue weighted by Gasteiger charge is 2.12. The number of carbonyl (C=O) groups is 1. The van der Waals surface area contributed by atoms with E-state index in [1.54, 1.807) is 13.2 Å². The van der Waals surface area contributed by atoms with Crippen LogP contribution in [0.5, 0.6) is 5.75 Å². The van der Waals surface area contributed by atoms with Gasteiger partial charge in [0.2, 0.25) is 0 Å². The number of hydrogen-bond acceptors (Lipinski definition) is 3. The lowest BCUT2D eigenvalue weighted by molar-refractivity contribution is -0.112. The molecule has 0 atom stereocenters. The fourth-order valence-electron chi connectivity index (χ4n) is 3.15. The van der Waals surface area contributed by atoms with Gasteiger partial charge >= 0.3 is 0 Å². The number of rotatable bonds is 4. The zero-order valence-corrected chi connectivity index (χ0v) is 15.5. The molecule has 4 heteroatoms. The lowest BCUT2D eigenvalue weighted by atomic mass is 10.0. The van der Waals surface area contributed by atoms with Crippen LogP contribution in [0.4, 0.5) is 5.69 Å². The maximum atomic E-state index is 12.6. The Hall–Kier alpha value is -3.58. The van der Waals surface area contributed by atoms with Crippen LogP contribution in [0.2, 0.25) is 0 Å². The summed E-state index contributed by atoms with van der Waals surface area (Å²) in [7, 11) is 1.62. The van der Waals surface area contributed by atoms with Crippen LogP contribution in [0.3, 0.4) is 0 Å². The first-order valence-electron chi connectivity index (χ1n) is 8.59. The smallest absolute Gasteiger partial charge is 0.266 e. The molecule has 0 spiro atoms. The van der Waals surface area contributed by atoms with E-state index in [9.17, 15) is 10.1 Å². The fraction of sp³-hybridized carbons (Fsp3) is 0.130. The van der Waals surface area contributed by atoms with Crippen LogP contribution in [0.25, 0.3) is 16.8 Å². The van der Waals surface area contributed by atoms with Crippen molar-refractivity contribution < 1.29 is 9.53 Å². The molecule has 0 saturated carbocycles. The van der Waals surface area contributed by atoms with Crippen molar-refractivity contribution in [1.82, 2.24) is 0 Å². The Bertz CT molecular complexity index is 1070. The number of nitriles is 1. The number of ether oxygens (including phenoxy) is 1. The number of fused-ring (bicyclic) bond motifs is 1. The third kappa shape index (κ3) is 3.99. The van der Waals surface area contributed by atoms with Crippen molar-refractivity contribution in [3.63, 3.8) is 0 Å². The van der Waals surface area contributed by atoms with Gasteiger partial charge in [0.15, 0.2) is 0 Å². The predicted molar refractivity (Wildman–Crippen MR) is 109 cm³/mol. The summed E-state index contributed by atoms with van der Waals surface area (Å²) in [6, 6.07) is 19.2. The minimum absolute atomic E-state index is 0.0458. The van der Waals surface area contributed by atoms with E-state index in [1.165, 1.54) is 0 Å². The van der Waals surface area contributed by atoms with Crippen molar-refractivity contribution in [3.8, 4) is 11.8 Å². The van der Waals surface area contributed by atoms with Gasteiger partial charge in [0.1, 0.15) is 17.4 Å². The van der Waals surface area contributed by atoms with E-state index in [1.807, 2.05) is 74.5 Å². The van der Waals surface area contributed by atoms with Crippen LogP contribution in [-0.4, -0.2) is 13.0 Å². The molecule has 3 aromatic rings. The van der Waals surface area contributed by atoms with Gasteiger partial charge in [-0.25, -0.2) is 0 Å². The van der Waals surface area contributed by atoms with Gasteiger partial charge in [0, 0.05) is 11.1 Å².